The number of benzene rings is 2. The first kappa shape index (κ1) is 21.5. The van der Waals surface area contributed by atoms with Crippen molar-refractivity contribution in [1.82, 2.24) is 15.2 Å². The molecule has 2 aromatic carbocycles. The lowest BCUT2D eigenvalue weighted by molar-refractivity contribution is -0.137. The Balaban J connectivity index is 1.57. The minimum atomic E-state index is -4.40. The zero-order valence-electron chi connectivity index (χ0n) is 17.3. The Hall–Kier alpha value is -2.78. The summed E-state index contributed by atoms with van der Waals surface area (Å²) in [5, 5.41) is 13.0. The highest BCUT2D eigenvalue weighted by atomic mass is 19.4. The van der Waals surface area contributed by atoms with Crippen molar-refractivity contribution in [1.29, 1.82) is 0 Å². The zero-order valence-corrected chi connectivity index (χ0v) is 17.3. The molecule has 31 heavy (non-hydrogen) atoms. The SMILES string of the molecule is CNc1ccc(C2NC(c3cccc(C(F)(F)F)c3)=NN2CCN2CCOCC2)cc1. The van der Waals surface area contributed by atoms with Crippen molar-refractivity contribution in [2.75, 3.05) is 51.8 Å². The molecule has 1 saturated heterocycles. The van der Waals surface area contributed by atoms with E-state index in [-0.39, 0.29) is 6.17 Å². The predicted octanol–water partition coefficient (Wildman–Crippen LogP) is 3.34. The quantitative estimate of drug-likeness (QED) is 0.732. The van der Waals surface area contributed by atoms with Gasteiger partial charge in [-0.1, -0.05) is 24.3 Å². The van der Waals surface area contributed by atoms with Gasteiger partial charge < -0.3 is 15.4 Å². The summed E-state index contributed by atoms with van der Waals surface area (Å²) in [4.78, 5) is 2.31. The van der Waals surface area contributed by atoms with Gasteiger partial charge in [-0.05, 0) is 29.8 Å². The molecule has 2 aromatic rings. The summed E-state index contributed by atoms with van der Waals surface area (Å²) >= 11 is 0. The minimum Gasteiger partial charge on any atom is -0.388 e. The van der Waals surface area contributed by atoms with E-state index in [1.165, 1.54) is 6.07 Å². The molecule has 6 nitrogen and oxygen atoms in total. The first-order valence-corrected chi connectivity index (χ1v) is 10.3. The van der Waals surface area contributed by atoms with E-state index >= 15 is 0 Å². The maximum atomic E-state index is 13.2. The molecule has 0 bridgehead atoms. The third-order valence-electron chi connectivity index (χ3n) is 5.53. The summed E-state index contributed by atoms with van der Waals surface area (Å²) in [6.45, 7) is 4.61. The second-order valence-corrected chi connectivity index (χ2v) is 7.56. The average molecular weight is 433 g/mol. The van der Waals surface area contributed by atoms with Crippen LogP contribution in [-0.4, -0.2) is 62.2 Å². The van der Waals surface area contributed by atoms with Crippen molar-refractivity contribution in [3.05, 3.63) is 65.2 Å². The number of hydrogen-bond donors (Lipinski definition) is 2. The van der Waals surface area contributed by atoms with Crippen LogP contribution >= 0.6 is 0 Å². The summed E-state index contributed by atoms with van der Waals surface area (Å²) < 4.78 is 44.9. The van der Waals surface area contributed by atoms with Gasteiger partial charge in [-0.25, -0.2) is 0 Å². The number of alkyl halides is 3. The number of nitrogens with zero attached hydrogens (tertiary/aromatic N) is 3. The Morgan fingerprint density at radius 2 is 1.84 bits per heavy atom. The van der Waals surface area contributed by atoms with Crippen LogP contribution in [-0.2, 0) is 10.9 Å². The largest absolute Gasteiger partial charge is 0.416 e. The molecule has 1 atom stereocenters. The van der Waals surface area contributed by atoms with Gasteiger partial charge in [-0.3, -0.25) is 9.91 Å². The van der Waals surface area contributed by atoms with Crippen LogP contribution in [0.3, 0.4) is 0 Å². The number of halogens is 3. The van der Waals surface area contributed by atoms with Gasteiger partial charge in [0.05, 0.1) is 25.3 Å². The zero-order chi connectivity index (χ0) is 21.8. The first-order chi connectivity index (χ1) is 14.9. The van der Waals surface area contributed by atoms with E-state index in [0.717, 1.165) is 43.0 Å². The maximum absolute atomic E-state index is 13.2. The molecule has 1 unspecified atom stereocenters. The predicted molar refractivity (Wildman–Crippen MR) is 114 cm³/mol. The fraction of sp³-hybridized carbons (Fsp3) is 0.409. The number of hydrazone groups is 1. The monoisotopic (exact) mass is 433 g/mol. The Bertz CT molecular complexity index is 910. The molecule has 2 N–H and O–H groups in total. The van der Waals surface area contributed by atoms with Crippen LogP contribution < -0.4 is 10.6 Å². The van der Waals surface area contributed by atoms with Crippen molar-refractivity contribution >= 4 is 11.5 Å². The van der Waals surface area contributed by atoms with Gasteiger partial charge in [0.25, 0.3) is 0 Å². The van der Waals surface area contributed by atoms with Crippen molar-refractivity contribution in [2.45, 2.75) is 12.3 Å². The Morgan fingerprint density at radius 1 is 1.10 bits per heavy atom. The van der Waals surface area contributed by atoms with Crippen LogP contribution in [0.4, 0.5) is 18.9 Å². The average Bonchev–Trinajstić information content (AvgIpc) is 3.22. The van der Waals surface area contributed by atoms with Gasteiger partial charge in [-0.15, -0.1) is 0 Å². The number of rotatable bonds is 6. The summed E-state index contributed by atoms with van der Waals surface area (Å²) in [7, 11) is 1.85. The van der Waals surface area contributed by atoms with Crippen LogP contribution in [0.15, 0.2) is 53.6 Å². The third-order valence-corrected chi connectivity index (χ3v) is 5.53. The Kier molecular flexibility index (Phi) is 6.33. The number of ether oxygens (including phenoxy) is 1. The van der Waals surface area contributed by atoms with Gasteiger partial charge in [-0.2, -0.15) is 18.3 Å². The van der Waals surface area contributed by atoms with Gasteiger partial charge in [0.2, 0.25) is 0 Å². The number of morpholine rings is 1. The lowest BCUT2D eigenvalue weighted by Gasteiger charge is -2.30. The van der Waals surface area contributed by atoms with Crippen molar-refractivity contribution in [3.63, 3.8) is 0 Å². The molecule has 0 radical (unpaired) electrons. The fourth-order valence-electron chi connectivity index (χ4n) is 3.74. The molecule has 2 aliphatic rings. The lowest BCUT2D eigenvalue weighted by Crippen LogP contribution is -2.41. The number of amidine groups is 1. The van der Waals surface area contributed by atoms with Crippen LogP contribution in [0, 0.1) is 0 Å². The van der Waals surface area contributed by atoms with E-state index in [1.54, 1.807) is 6.07 Å². The molecular formula is C22H26F3N5O. The Labute approximate surface area is 179 Å². The van der Waals surface area contributed by atoms with Crippen molar-refractivity contribution in [3.8, 4) is 0 Å². The molecular weight excluding hydrogens is 407 g/mol. The molecule has 166 valence electrons. The number of anilines is 1. The van der Waals surface area contributed by atoms with Crippen molar-refractivity contribution < 1.29 is 17.9 Å². The normalized spacial score (nSPS) is 19.8. The third kappa shape index (κ3) is 5.11. The maximum Gasteiger partial charge on any atom is 0.416 e. The fourth-order valence-corrected chi connectivity index (χ4v) is 3.74. The highest BCUT2D eigenvalue weighted by Crippen LogP contribution is 2.31. The molecule has 2 aliphatic heterocycles. The highest BCUT2D eigenvalue weighted by Gasteiger charge is 2.32. The van der Waals surface area contributed by atoms with Crippen LogP contribution in [0.25, 0.3) is 0 Å². The van der Waals surface area contributed by atoms with Gasteiger partial charge in [0.15, 0.2) is 5.84 Å². The minimum absolute atomic E-state index is 0.253. The van der Waals surface area contributed by atoms with Crippen LogP contribution in [0.2, 0.25) is 0 Å². The van der Waals surface area contributed by atoms with Crippen LogP contribution in [0.5, 0.6) is 0 Å². The summed E-state index contributed by atoms with van der Waals surface area (Å²) in [6.07, 6.45) is -4.65. The first-order valence-electron chi connectivity index (χ1n) is 10.3. The van der Waals surface area contributed by atoms with E-state index in [1.807, 2.05) is 36.3 Å². The molecule has 0 spiro atoms. The smallest absolute Gasteiger partial charge is 0.388 e. The van der Waals surface area contributed by atoms with Crippen LogP contribution in [0.1, 0.15) is 22.9 Å². The Morgan fingerprint density at radius 3 is 2.52 bits per heavy atom. The molecule has 1 fully saturated rings. The van der Waals surface area contributed by atoms with Crippen molar-refractivity contribution in [2.24, 2.45) is 5.10 Å². The van der Waals surface area contributed by atoms with Gasteiger partial charge >= 0.3 is 6.18 Å². The molecule has 0 aliphatic carbocycles. The molecule has 9 heteroatoms. The summed E-state index contributed by atoms with van der Waals surface area (Å²) in [5.74, 6) is 0.441. The topological polar surface area (TPSA) is 52.1 Å². The highest BCUT2D eigenvalue weighted by molar-refractivity contribution is 5.99. The second-order valence-electron chi connectivity index (χ2n) is 7.56. The van der Waals surface area contributed by atoms with E-state index in [2.05, 4.69) is 20.6 Å². The molecule has 2 heterocycles. The molecule has 0 amide bonds. The van der Waals surface area contributed by atoms with E-state index in [0.29, 0.717) is 31.2 Å². The standard InChI is InChI=1S/C22H26F3N5O/c1-26-19-7-5-16(6-8-19)21-27-20(17-3-2-4-18(15-17)22(23,24)25)28-30(21)10-9-29-11-13-31-14-12-29/h2-8,15,21,26H,9-14H2,1H3,(H,27,28). The lowest BCUT2D eigenvalue weighted by atomic mass is 10.1. The van der Waals surface area contributed by atoms with Gasteiger partial charge in [0, 0.05) is 37.9 Å². The van der Waals surface area contributed by atoms with Gasteiger partial charge in [0.1, 0.15) is 6.17 Å². The van der Waals surface area contributed by atoms with E-state index < -0.39 is 11.7 Å². The summed E-state index contributed by atoms with van der Waals surface area (Å²) in [6, 6.07) is 13.2. The molecule has 4 rings (SSSR count). The molecule has 0 saturated carbocycles. The molecule has 0 aromatic heterocycles. The number of nitrogens with one attached hydrogen (secondary N) is 2. The van der Waals surface area contributed by atoms with E-state index in [4.69, 9.17) is 4.74 Å². The summed E-state index contributed by atoms with van der Waals surface area (Å²) in [5.41, 5.74) is 1.71. The number of hydrogen-bond acceptors (Lipinski definition) is 6. The second kappa shape index (κ2) is 9.15. The van der Waals surface area contributed by atoms with E-state index in [9.17, 15) is 13.2 Å².